The second-order valence-corrected chi connectivity index (χ2v) is 9.23. The van der Waals surface area contributed by atoms with Crippen LogP contribution in [0.15, 0.2) is 42.5 Å². The molecule has 1 aliphatic heterocycles. The monoisotopic (exact) mass is 449 g/mol. The van der Waals surface area contributed by atoms with Crippen LogP contribution in [0.4, 0.5) is 11.4 Å². The Kier molecular flexibility index (Phi) is 6.28. The molecule has 2 amide bonds. The van der Waals surface area contributed by atoms with Crippen molar-refractivity contribution in [2.75, 3.05) is 16.8 Å². The van der Waals surface area contributed by atoms with E-state index in [0.717, 1.165) is 38.8 Å². The molecule has 0 fully saturated rings. The van der Waals surface area contributed by atoms with Crippen LogP contribution < -0.4 is 15.0 Å². The maximum Gasteiger partial charge on any atom is 0.268 e. The number of fused-ring (bicyclic) bond motifs is 1. The van der Waals surface area contributed by atoms with Crippen molar-refractivity contribution >= 4 is 34.5 Å². The van der Waals surface area contributed by atoms with Crippen molar-refractivity contribution in [3.63, 3.8) is 0 Å². The number of para-hydroxylation sites is 1. The average Bonchev–Trinajstić information content (AvgIpc) is 3.13. The van der Waals surface area contributed by atoms with E-state index in [1.165, 1.54) is 4.90 Å². The molecule has 0 bridgehead atoms. The molecule has 1 unspecified atom stereocenters. The van der Waals surface area contributed by atoms with Gasteiger partial charge in [-0.25, -0.2) is 4.98 Å². The predicted molar refractivity (Wildman–Crippen MR) is 129 cm³/mol. The lowest BCUT2D eigenvalue weighted by Gasteiger charge is -2.34. The van der Waals surface area contributed by atoms with Crippen LogP contribution in [0.2, 0.25) is 0 Å². The van der Waals surface area contributed by atoms with Gasteiger partial charge in [-0.05, 0) is 56.5 Å². The summed E-state index contributed by atoms with van der Waals surface area (Å²) in [5, 5.41) is 3.95. The first kappa shape index (κ1) is 22.0. The van der Waals surface area contributed by atoms with Crippen LogP contribution in [0.1, 0.15) is 35.7 Å². The van der Waals surface area contributed by atoms with Gasteiger partial charge in [0.25, 0.3) is 5.91 Å². The van der Waals surface area contributed by atoms with Crippen LogP contribution in [-0.4, -0.2) is 29.4 Å². The number of rotatable bonds is 6. The molecule has 32 heavy (non-hydrogen) atoms. The number of hydrogen-bond acceptors (Lipinski definition) is 5. The summed E-state index contributed by atoms with van der Waals surface area (Å²) in [6.45, 7) is 7.87. The Balaban J connectivity index is 1.66. The van der Waals surface area contributed by atoms with Gasteiger partial charge in [0.15, 0.2) is 6.10 Å². The zero-order valence-electron chi connectivity index (χ0n) is 18.8. The molecule has 4 rings (SSSR count). The molecule has 1 atom stereocenters. The molecule has 1 aliphatic rings. The zero-order chi connectivity index (χ0) is 22.8. The lowest BCUT2D eigenvalue weighted by molar-refractivity contribution is -0.128. The summed E-state index contributed by atoms with van der Waals surface area (Å²) in [6.07, 6.45) is 0.734. The topological polar surface area (TPSA) is 71.5 Å². The lowest BCUT2D eigenvalue weighted by Crippen LogP contribution is -2.48. The lowest BCUT2D eigenvalue weighted by atomic mass is 10.1. The van der Waals surface area contributed by atoms with Crippen LogP contribution in [0.3, 0.4) is 0 Å². The Morgan fingerprint density at radius 1 is 1.19 bits per heavy atom. The van der Waals surface area contributed by atoms with Crippen LogP contribution >= 0.6 is 11.3 Å². The minimum Gasteiger partial charge on any atom is -0.478 e. The number of aryl methyl sites for hydroxylation is 3. The SMILES string of the molecule is CCc1ccccc1NC(=O)CN1C(=O)C(CC)Oc2ccc(-c3nc(C)sc3C)cc21. The first-order valence-corrected chi connectivity index (χ1v) is 11.7. The molecule has 7 heteroatoms. The third-order valence-corrected chi connectivity index (χ3v) is 6.47. The van der Waals surface area contributed by atoms with E-state index in [1.807, 2.05) is 70.2 Å². The van der Waals surface area contributed by atoms with Crippen LogP contribution in [0.5, 0.6) is 5.75 Å². The minimum absolute atomic E-state index is 0.0811. The molecule has 0 radical (unpaired) electrons. The Hall–Kier alpha value is -3.19. The van der Waals surface area contributed by atoms with E-state index >= 15 is 0 Å². The number of carbonyl (C=O) groups is 2. The quantitative estimate of drug-likeness (QED) is 0.566. The maximum absolute atomic E-state index is 13.2. The van der Waals surface area contributed by atoms with E-state index < -0.39 is 6.10 Å². The van der Waals surface area contributed by atoms with Gasteiger partial charge in [0, 0.05) is 16.1 Å². The fourth-order valence-corrected chi connectivity index (χ4v) is 4.81. The number of anilines is 2. The molecule has 2 aromatic carbocycles. The summed E-state index contributed by atoms with van der Waals surface area (Å²) in [4.78, 5) is 33.4. The summed E-state index contributed by atoms with van der Waals surface area (Å²) in [5.74, 6) is 0.154. The number of hydrogen-bond donors (Lipinski definition) is 1. The first-order valence-electron chi connectivity index (χ1n) is 10.9. The summed E-state index contributed by atoms with van der Waals surface area (Å²) in [7, 11) is 0. The Labute approximate surface area is 192 Å². The highest BCUT2D eigenvalue weighted by molar-refractivity contribution is 7.11. The van der Waals surface area contributed by atoms with Crippen LogP contribution in [0.25, 0.3) is 11.3 Å². The van der Waals surface area contributed by atoms with Crippen molar-refractivity contribution < 1.29 is 14.3 Å². The smallest absolute Gasteiger partial charge is 0.268 e. The van der Waals surface area contributed by atoms with E-state index in [4.69, 9.17) is 4.74 Å². The van der Waals surface area contributed by atoms with Gasteiger partial charge in [-0.1, -0.05) is 32.0 Å². The maximum atomic E-state index is 13.2. The van der Waals surface area contributed by atoms with Gasteiger partial charge < -0.3 is 10.1 Å². The van der Waals surface area contributed by atoms with Gasteiger partial charge in [-0.15, -0.1) is 11.3 Å². The Morgan fingerprint density at radius 3 is 2.66 bits per heavy atom. The van der Waals surface area contributed by atoms with Gasteiger partial charge in [0.2, 0.25) is 5.91 Å². The fourth-order valence-electron chi connectivity index (χ4n) is 3.97. The molecule has 2 heterocycles. The Bertz CT molecular complexity index is 1170. The summed E-state index contributed by atoms with van der Waals surface area (Å²) in [6, 6.07) is 13.4. The van der Waals surface area contributed by atoms with E-state index in [1.54, 1.807) is 11.3 Å². The summed E-state index contributed by atoms with van der Waals surface area (Å²) >= 11 is 1.64. The molecule has 0 saturated heterocycles. The number of thiazole rings is 1. The third kappa shape index (κ3) is 4.25. The number of nitrogens with one attached hydrogen (secondary N) is 1. The molecule has 1 aromatic heterocycles. The van der Waals surface area contributed by atoms with E-state index in [9.17, 15) is 9.59 Å². The summed E-state index contributed by atoms with van der Waals surface area (Å²) in [5.41, 5.74) is 4.22. The van der Waals surface area contributed by atoms with Crippen molar-refractivity contribution in [3.8, 4) is 17.0 Å². The molecule has 0 aliphatic carbocycles. The Morgan fingerprint density at radius 2 is 1.97 bits per heavy atom. The molecular formula is C25H27N3O3S. The van der Waals surface area contributed by atoms with Crippen molar-refractivity contribution in [1.29, 1.82) is 0 Å². The molecule has 6 nitrogen and oxygen atoms in total. The summed E-state index contributed by atoms with van der Waals surface area (Å²) < 4.78 is 5.95. The average molecular weight is 450 g/mol. The van der Waals surface area contributed by atoms with Gasteiger partial charge in [-0.2, -0.15) is 0 Å². The number of nitrogens with zero attached hydrogens (tertiary/aromatic N) is 2. The number of amides is 2. The predicted octanol–water partition coefficient (Wildman–Crippen LogP) is 5.13. The number of aromatic nitrogens is 1. The van der Waals surface area contributed by atoms with Gasteiger partial charge >= 0.3 is 0 Å². The van der Waals surface area contributed by atoms with Gasteiger partial charge in [0.05, 0.1) is 16.4 Å². The largest absolute Gasteiger partial charge is 0.478 e. The van der Waals surface area contributed by atoms with Gasteiger partial charge in [0.1, 0.15) is 12.3 Å². The van der Waals surface area contributed by atoms with Crippen LogP contribution in [-0.2, 0) is 16.0 Å². The molecule has 166 valence electrons. The first-order chi connectivity index (χ1) is 15.4. The highest BCUT2D eigenvalue weighted by Gasteiger charge is 2.35. The van der Waals surface area contributed by atoms with Gasteiger partial charge in [-0.3, -0.25) is 14.5 Å². The zero-order valence-corrected chi connectivity index (χ0v) is 19.6. The number of ether oxygens (including phenoxy) is 1. The van der Waals surface area contributed by atoms with E-state index in [2.05, 4.69) is 10.3 Å². The third-order valence-electron chi connectivity index (χ3n) is 5.58. The second-order valence-electron chi connectivity index (χ2n) is 7.82. The van der Waals surface area contributed by atoms with Crippen molar-refractivity contribution in [1.82, 2.24) is 4.98 Å². The molecule has 0 saturated carbocycles. The molecular weight excluding hydrogens is 422 g/mol. The molecule has 0 spiro atoms. The molecule has 1 N–H and O–H groups in total. The second kappa shape index (κ2) is 9.12. The highest BCUT2D eigenvalue weighted by Crippen LogP contribution is 2.39. The number of benzene rings is 2. The van der Waals surface area contributed by atoms with E-state index in [-0.39, 0.29) is 18.4 Å². The fraction of sp³-hybridized carbons (Fsp3) is 0.320. The van der Waals surface area contributed by atoms with Crippen molar-refractivity contribution in [3.05, 3.63) is 57.9 Å². The van der Waals surface area contributed by atoms with Crippen molar-refractivity contribution in [2.24, 2.45) is 0 Å². The minimum atomic E-state index is -0.604. The van der Waals surface area contributed by atoms with Crippen molar-refractivity contribution in [2.45, 2.75) is 46.6 Å². The van der Waals surface area contributed by atoms with Crippen LogP contribution in [0, 0.1) is 13.8 Å². The van der Waals surface area contributed by atoms with E-state index in [0.29, 0.717) is 17.9 Å². The number of carbonyl (C=O) groups excluding carboxylic acids is 2. The standard InChI is InChI=1S/C25H27N3O3S/c1-5-17-9-7-8-10-19(17)27-23(29)14-28-20-13-18(24-15(3)32-16(4)26-24)11-12-22(20)31-21(6-2)25(28)30/h7-13,21H,5-6,14H2,1-4H3,(H,27,29). The normalized spacial score (nSPS) is 15.3. The highest BCUT2D eigenvalue weighted by atomic mass is 32.1. The molecule has 3 aromatic rings.